The van der Waals surface area contributed by atoms with Gasteiger partial charge in [-0.05, 0) is 81.9 Å². The van der Waals surface area contributed by atoms with Gasteiger partial charge in [-0.2, -0.15) is 0 Å². The Hall–Kier alpha value is -6.19. The summed E-state index contributed by atoms with van der Waals surface area (Å²) in [4.78, 5) is 15.7. The first kappa shape index (κ1) is 27.1. The predicted octanol–water partition coefficient (Wildman–Crippen LogP) is 10.8. The molecule has 2 heterocycles. The molecular weight excluding hydrogens is 574 g/mol. The van der Waals surface area contributed by atoms with E-state index in [9.17, 15) is 4.79 Å². The molecule has 8 aromatic rings. The monoisotopic (exact) mass is 603 g/mol. The van der Waals surface area contributed by atoms with Crippen LogP contribution < -0.4 is 10.3 Å². The minimum absolute atomic E-state index is 0.0119. The molecule has 0 radical (unpaired) electrons. The van der Waals surface area contributed by atoms with Gasteiger partial charge in [0.2, 0.25) is 5.43 Å². The van der Waals surface area contributed by atoms with Gasteiger partial charge in [0.1, 0.15) is 11.2 Å². The lowest BCUT2D eigenvalue weighted by molar-refractivity contribution is 0.660. The smallest absolute Gasteiger partial charge is 0.200 e. The van der Waals surface area contributed by atoms with Crippen molar-refractivity contribution in [1.29, 1.82) is 0 Å². The first-order valence-corrected chi connectivity index (χ1v) is 15.9. The van der Waals surface area contributed by atoms with Gasteiger partial charge in [0, 0.05) is 5.69 Å². The Balaban J connectivity index is 1.21. The third-order valence-electron chi connectivity index (χ3n) is 9.55. The van der Waals surface area contributed by atoms with Crippen molar-refractivity contribution in [3.05, 3.63) is 208 Å². The summed E-state index contributed by atoms with van der Waals surface area (Å²) in [6, 6.07) is 61.2. The summed E-state index contributed by atoms with van der Waals surface area (Å²) in [7, 11) is 0. The molecule has 0 unspecified atom stereocenters. The second kappa shape index (κ2) is 10.7. The van der Waals surface area contributed by atoms with E-state index in [1.54, 1.807) is 0 Å². The molecule has 9 rings (SSSR count). The first-order chi connectivity index (χ1) is 23.2. The number of rotatable bonds is 4. The lowest BCUT2D eigenvalue weighted by Gasteiger charge is -2.46. The topological polar surface area (TPSA) is 33.5 Å². The molecule has 0 saturated carbocycles. The first-order valence-electron chi connectivity index (χ1n) is 15.9. The average Bonchev–Trinajstić information content (AvgIpc) is 3.15. The summed E-state index contributed by atoms with van der Waals surface area (Å²) in [5.41, 5.74) is 11.0. The molecule has 0 saturated heterocycles. The predicted molar refractivity (Wildman–Crippen MR) is 192 cm³/mol. The van der Waals surface area contributed by atoms with Gasteiger partial charge in [0.15, 0.2) is 0 Å². The van der Waals surface area contributed by atoms with E-state index in [1.807, 2.05) is 42.5 Å². The molecule has 3 nitrogen and oxygen atoms in total. The minimum atomic E-state index is -0.498. The number of para-hydroxylation sites is 3. The number of nitrogens with zero attached hydrogens (tertiary/aromatic N) is 1. The van der Waals surface area contributed by atoms with Crippen LogP contribution in [0.5, 0.6) is 0 Å². The lowest BCUT2D eigenvalue weighted by Crippen LogP contribution is -2.37. The lowest BCUT2D eigenvalue weighted by atomic mass is 9.62. The normalized spacial score (nSPS) is 13.3. The molecule has 47 heavy (non-hydrogen) atoms. The molecule has 0 bridgehead atoms. The molecule has 0 aliphatic carbocycles. The van der Waals surface area contributed by atoms with Gasteiger partial charge in [-0.15, -0.1) is 0 Å². The summed E-state index contributed by atoms with van der Waals surface area (Å²) in [6.45, 7) is 0. The second-order valence-corrected chi connectivity index (χ2v) is 12.0. The maximum Gasteiger partial charge on any atom is 0.200 e. The van der Waals surface area contributed by atoms with Gasteiger partial charge in [0.05, 0.1) is 27.6 Å². The third kappa shape index (κ3) is 4.10. The maximum absolute atomic E-state index is 13.4. The van der Waals surface area contributed by atoms with Crippen molar-refractivity contribution in [3.63, 3.8) is 0 Å². The van der Waals surface area contributed by atoms with Crippen molar-refractivity contribution in [2.24, 2.45) is 0 Å². The summed E-state index contributed by atoms with van der Waals surface area (Å²) in [5.74, 6) is 0. The van der Waals surface area contributed by atoms with Crippen LogP contribution in [0.1, 0.15) is 22.3 Å². The fraction of sp³-hybridized carbons (Fsp3) is 0.0227. The molecule has 0 N–H and O–H groups in total. The van der Waals surface area contributed by atoms with E-state index in [-0.39, 0.29) is 5.43 Å². The van der Waals surface area contributed by atoms with Crippen LogP contribution in [-0.2, 0) is 5.41 Å². The van der Waals surface area contributed by atoms with Crippen molar-refractivity contribution < 1.29 is 4.42 Å². The van der Waals surface area contributed by atoms with Gasteiger partial charge in [-0.25, -0.2) is 0 Å². The van der Waals surface area contributed by atoms with E-state index >= 15 is 0 Å². The Morgan fingerprint density at radius 3 is 1.60 bits per heavy atom. The third-order valence-corrected chi connectivity index (χ3v) is 9.55. The van der Waals surface area contributed by atoms with E-state index in [4.69, 9.17) is 4.42 Å². The van der Waals surface area contributed by atoms with Gasteiger partial charge >= 0.3 is 0 Å². The largest absolute Gasteiger partial charge is 0.456 e. The average molecular weight is 604 g/mol. The molecule has 0 atom stereocenters. The zero-order valence-electron chi connectivity index (χ0n) is 25.5. The quantitative estimate of drug-likeness (QED) is 0.188. The van der Waals surface area contributed by atoms with Crippen LogP contribution in [0.3, 0.4) is 0 Å². The highest BCUT2D eigenvalue weighted by Crippen LogP contribution is 2.57. The SMILES string of the molecule is O=c1c2ccccc2oc2ccc(-c3ccc(N4c5ccccc5C(c5ccccc5)(c5ccccc5)c5ccccc54)cc3)cc12. The second-order valence-electron chi connectivity index (χ2n) is 12.0. The Labute approximate surface area is 272 Å². The van der Waals surface area contributed by atoms with Crippen LogP contribution in [0.25, 0.3) is 33.1 Å². The van der Waals surface area contributed by atoms with Crippen LogP contribution in [0, 0.1) is 0 Å². The number of benzene rings is 7. The van der Waals surface area contributed by atoms with E-state index < -0.39 is 5.41 Å². The molecule has 1 aliphatic rings. The summed E-state index contributed by atoms with van der Waals surface area (Å²) in [6.07, 6.45) is 0. The van der Waals surface area contributed by atoms with Crippen LogP contribution >= 0.6 is 0 Å². The molecule has 0 spiro atoms. The Morgan fingerprint density at radius 1 is 0.447 bits per heavy atom. The maximum atomic E-state index is 13.4. The van der Waals surface area contributed by atoms with Crippen LogP contribution in [0.4, 0.5) is 17.1 Å². The number of fused-ring (bicyclic) bond motifs is 4. The Kier molecular flexibility index (Phi) is 6.19. The van der Waals surface area contributed by atoms with Crippen LogP contribution in [0.2, 0.25) is 0 Å². The van der Waals surface area contributed by atoms with Crippen molar-refractivity contribution in [1.82, 2.24) is 0 Å². The molecule has 222 valence electrons. The number of anilines is 3. The van der Waals surface area contributed by atoms with Gasteiger partial charge in [-0.3, -0.25) is 4.79 Å². The van der Waals surface area contributed by atoms with Gasteiger partial charge in [0.25, 0.3) is 0 Å². The minimum Gasteiger partial charge on any atom is -0.456 e. The van der Waals surface area contributed by atoms with E-state index in [0.717, 1.165) is 28.2 Å². The molecule has 7 aromatic carbocycles. The van der Waals surface area contributed by atoms with E-state index in [1.165, 1.54) is 22.3 Å². The molecule has 1 aromatic heterocycles. The molecule has 3 heteroatoms. The molecule has 0 amide bonds. The highest BCUT2D eigenvalue weighted by molar-refractivity contribution is 5.93. The van der Waals surface area contributed by atoms with Crippen LogP contribution in [-0.4, -0.2) is 0 Å². The fourth-order valence-electron chi connectivity index (χ4n) is 7.48. The van der Waals surface area contributed by atoms with Crippen LogP contribution in [0.15, 0.2) is 185 Å². The van der Waals surface area contributed by atoms with E-state index in [2.05, 4.69) is 138 Å². The van der Waals surface area contributed by atoms with Crippen molar-refractivity contribution in [2.75, 3.05) is 4.90 Å². The number of hydrogen-bond donors (Lipinski definition) is 0. The Morgan fingerprint density at radius 2 is 0.957 bits per heavy atom. The molecule has 0 fully saturated rings. The standard InChI is InChI=1S/C44H29NO2/c46-43-35-17-7-12-22-41(35)47-42-28-25-31(29-36(42)43)30-23-26-34(27-24-30)45-39-20-10-8-18-37(39)44(32-13-3-1-4-14-32,33-15-5-2-6-16-33)38-19-9-11-21-40(38)45/h1-29H. The van der Waals surface area contributed by atoms with Crippen molar-refractivity contribution >= 4 is 39.0 Å². The summed E-state index contributed by atoms with van der Waals surface area (Å²) < 4.78 is 6.06. The van der Waals surface area contributed by atoms with Crippen molar-refractivity contribution in [2.45, 2.75) is 5.41 Å². The van der Waals surface area contributed by atoms with Gasteiger partial charge in [-0.1, -0.05) is 127 Å². The highest BCUT2D eigenvalue weighted by atomic mass is 16.3. The highest BCUT2D eigenvalue weighted by Gasteiger charge is 2.46. The summed E-state index contributed by atoms with van der Waals surface area (Å²) >= 11 is 0. The molecule has 1 aliphatic heterocycles. The zero-order chi connectivity index (χ0) is 31.4. The summed E-state index contributed by atoms with van der Waals surface area (Å²) in [5, 5.41) is 1.18. The van der Waals surface area contributed by atoms with Crippen molar-refractivity contribution in [3.8, 4) is 11.1 Å². The fourth-order valence-corrected chi connectivity index (χ4v) is 7.48. The molecular formula is C44H29NO2. The van der Waals surface area contributed by atoms with E-state index in [0.29, 0.717) is 21.9 Å². The van der Waals surface area contributed by atoms with Gasteiger partial charge < -0.3 is 9.32 Å². The number of hydrogen-bond acceptors (Lipinski definition) is 3. The Bertz CT molecular complexity index is 2390. The zero-order valence-corrected chi connectivity index (χ0v) is 25.5.